The Bertz CT molecular complexity index is 479. The SMILES string of the molecule is CC(C)(C)C1c2ccc(Br)cc2CCN1C(=O)O. The van der Waals surface area contributed by atoms with E-state index in [0.717, 1.165) is 16.5 Å². The van der Waals surface area contributed by atoms with E-state index in [-0.39, 0.29) is 11.5 Å². The highest BCUT2D eigenvalue weighted by molar-refractivity contribution is 9.10. The first-order chi connectivity index (χ1) is 8.30. The van der Waals surface area contributed by atoms with Crippen LogP contribution in [-0.2, 0) is 6.42 Å². The third kappa shape index (κ3) is 2.39. The van der Waals surface area contributed by atoms with E-state index in [9.17, 15) is 9.90 Å². The number of amides is 1. The van der Waals surface area contributed by atoms with E-state index in [1.807, 2.05) is 12.1 Å². The molecular formula is C14H18BrNO2. The fourth-order valence-corrected chi connectivity index (χ4v) is 3.14. The van der Waals surface area contributed by atoms with Crippen molar-refractivity contribution >= 4 is 22.0 Å². The number of nitrogens with zero attached hydrogens (tertiary/aromatic N) is 1. The Morgan fingerprint density at radius 1 is 1.44 bits per heavy atom. The number of carbonyl (C=O) groups is 1. The van der Waals surface area contributed by atoms with Crippen molar-refractivity contribution in [3.63, 3.8) is 0 Å². The molecule has 0 saturated carbocycles. The summed E-state index contributed by atoms with van der Waals surface area (Å²) in [4.78, 5) is 13.0. The zero-order valence-electron chi connectivity index (χ0n) is 10.9. The number of fused-ring (bicyclic) bond motifs is 1. The minimum absolute atomic E-state index is 0.0770. The molecule has 1 heterocycles. The first-order valence-corrected chi connectivity index (χ1v) is 6.88. The molecule has 0 radical (unpaired) electrons. The van der Waals surface area contributed by atoms with Gasteiger partial charge in [-0.25, -0.2) is 4.79 Å². The third-order valence-electron chi connectivity index (χ3n) is 3.40. The molecular weight excluding hydrogens is 294 g/mol. The summed E-state index contributed by atoms with van der Waals surface area (Å²) in [6.07, 6.45) is -0.0447. The highest BCUT2D eigenvalue weighted by atomic mass is 79.9. The second-order valence-corrected chi connectivity index (χ2v) is 6.75. The van der Waals surface area contributed by atoms with Crippen LogP contribution in [0.3, 0.4) is 0 Å². The van der Waals surface area contributed by atoms with Crippen LogP contribution in [0, 0.1) is 5.41 Å². The zero-order valence-corrected chi connectivity index (χ0v) is 12.5. The van der Waals surface area contributed by atoms with Gasteiger partial charge in [0.25, 0.3) is 0 Å². The van der Waals surface area contributed by atoms with Gasteiger partial charge in [0.05, 0.1) is 6.04 Å². The lowest BCUT2D eigenvalue weighted by atomic mass is 9.77. The summed E-state index contributed by atoms with van der Waals surface area (Å²) in [5.74, 6) is 0. The molecule has 0 saturated heterocycles. The van der Waals surface area contributed by atoms with Gasteiger partial charge in [-0.2, -0.15) is 0 Å². The van der Waals surface area contributed by atoms with Crippen LogP contribution in [0.2, 0.25) is 0 Å². The van der Waals surface area contributed by atoms with Crippen LogP contribution in [0.1, 0.15) is 37.9 Å². The zero-order chi connectivity index (χ0) is 13.5. The van der Waals surface area contributed by atoms with Gasteiger partial charge in [0.15, 0.2) is 0 Å². The average molecular weight is 312 g/mol. The van der Waals surface area contributed by atoms with Gasteiger partial charge in [-0.05, 0) is 35.1 Å². The first-order valence-electron chi connectivity index (χ1n) is 6.08. The number of benzene rings is 1. The molecule has 2 rings (SSSR count). The molecule has 0 bridgehead atoms. The van der Waals surface area contributed by atoms with Crippen LogP contribution in [0.25, 0.3) is 0 Å². The second kappa shape index (κ2) is 4.57. The highest BCUT2D eigenvalue weighted by Crippen LogP contribution is 2.42. The molecule has 1 aromatic carbocycles. The number of carboxylic acid groups (broad SMARTS) is 1. The van der Waals surface area contributed by atoms with E-state index in [4.69, 9.17) is 0 Å². The van der Waals surface area contributed by atoms with Crippen LogP contribution >= 0.6 is 15.9 Å². The highest BCUT2D eigenvalue weighted by Gasteiger charge is 2.38. The van der Waals surface area contributed by atoms with Crippen molar-refractivity contribution in [2.75, 3.05) is 6.54 Å². The molecule has 0 aromatic heterocycles. The minimum Gasteiger partial charge on any atom is -0.465 e. The maximum Gasteiger partial charge on any atom is 0.407 e. The summed E-state index contributed by atoms with van der Waals surface area (Å²) in [5.41, 5.74) is 2.28. The van der Waals surface area contributed by atoms with E-state index in [0.29, 0.717) is 6.54 Å². The van der Waals surface area contributed by atoms with Crippen LogP contribution in [0.4, 0.5) is 4.79 Å². The van der Waals surface area contributed by atoms with E-state index >= 15 is 0 Å². The van der Waals surface area contributed by atoms with Crippen molar-refractivity contribution < 1.29 is 9.90 Å². The first kappa shape index (κ1) is 13.4. The summed E-state index contributed by atoms with van der Waals surface area (Å²) < 4.78 is 1.05. The van der Waals surface area contributed by atoms with Gasteiger partial charge < -0.3 is 10.0 Å². The van der Waals surface area contributed by atoms with Crippen molar-refractivity contribution in [1.82, 2.24) is 4.90 Å². The Balaban J connectivity index is 2.52. The Labute approximate surface area is 116 Å². The van der Waals surface area contributed by atoms with Gasteiger partial charge in [-0.3, -0.25) is 0 Å². The van der Waals surface area contributed by atoms with E-state index in [2.05, 4.69) is 42.8 Å². The standard InChI is InChI=1S/C14H18BrNO2/c1-14(2,3)12-11-5-4-10(15)8-9(11)6-7-16(12)13(17)18/h4-5,8,12H,6-7H2,1-3H3,(H,17,18). The van der Waals surface area contributed by atoms with Gasteiger partial charge in [0.2, 0.25) is 0 Å². The molecule has 1 aromatic rings. The van der Waals surface area contributed by atoms with Crippen LogP contribution in [-0.4, -0.2) is 22.6 Å². The third-order valence-corrected chi connectivity index (χ3v) is 3.89. The van der Waals surface area contributed by atoms with Crippen molar-refractivity contribution in [3.05, 3.63) is 33.8 Å². The lowest BCUT2D eigenvalue weighted by Crippen LogP contribution is -2.44. The molecule has 1 amide bonds. The number of hydrogen-bond acceptors (Lipinski definition) is 1. The van der Waals surface area contributed by atoms with E-state index in [1.54, 1.807) is 4.90 Å². The summed E-state index contributed by atoms with van der Waals surface area (Å²) in [6.45, 7) is 6.83. The van der Waals surface area contributed by atoms with Crippen LogP contribution in [0.15, 0.2) is 22.7 Å². The smallest absolute Gasteiger partial charge is 0.407 e. The number of rotatable bonds is 0. The monoisotopic (exact) mass is 311 g/mol. The Hall–Kier alpha value is -1.03. The van der Waals surface area contributed by atoms with Gasteiger partial charge in [0, 0.05) is 11.0 Å². The van der Waals surface area contributed by atoms with Gasteiger partial charge >= 0.3 is 6.09 Å². The molecule has 1 aliphatic heterocycles. The topological polar surface area (TPSA) is 40.5 Å². The fraction of sp³-hybridized carbons (Fsp3) is 0.500. The Kier molecular flexibility index (Phi) is 3.41. The summed E-state index contributed by atoms with van der Waals surface area (Å²) in [5, 5.41) is 9.37. The normalized spacial score (nSPS) is 19.6. The maximum atomic E-state index is 11.4. The van der Waals surface area contributed by atoms with E-state index in [1.165, 1.54) is 5.56 Å². The predicted molar refractivity (Wildman–Crippen MR) is 74.8 cm³/mol. The van der Waals surface area contributed by atoms with Crippen molar-refractivity contribution in [2.45, 2.75) is 33.2 Å². The summed E-state index contributed by atoms with van der Waals surface area (Å²) in [7, 11) is 0. The average Bonchev–Trinajstić information content (AvgIpc) is 2.25. The van der Waals surface area contributed by atoms with Gasteiger partial charge in [-0.15, -0.1) is 0 Å². The van der Waals surface area contributed by atoms with Crippen molar-refractivity contribution in [2.24, 2.45) is 5.41 Å². The largest absolute Gasteiger partial charge is 0.465 e. The molecule has 0 fully saturated rings. The quantitative estimate of drug-likeness (QED) is 0.784. The minimum atomic E-state index is -0.830. The van der Waals surface area contributed by atoms with Crippen molar-refractivity contribution in [1.29, 1.82) is 0 Å². The molecule has 1 atom stereocenters. The molecule has 1 aliphatic rings. The fourth-order valence-electron chi connectivity index (χ4n) is 2.74. The Morgan fingerprint density at radius 2 is 2.11 bits per heavy atom. The maximum absolute atomic E-state index is 11.4. The molecule has 1 unspecified atom stereocenters. The number of halogens is 1. The lowest BCUT2D eigenvalue weighted by Gasteiger charge is -2.43. The summed E-state index contributed by atoms with van der Waals surface area (Å²) in [6, 6.07) is 6.06. The molecule has 3 nitrogen and oxygen atoms in total. The van der Waals surface area contributed by atoms with Gasteiger partial charge in [-0.1, -0.05) is 42.8 Å². The Morgan fingerprint density at radius 3 is 2.67 bits per heavy atom. The molecule has 4 heteroatoms. The van der Waals surface area contributed by atoms with Crippen molar-refractivity contribution in [3.8, 4) is 0 Å². The molecule has 0 spiro atoms. The van der Waals surface area contributed by atoms with E-state index < -0.39 is 6.09 Å². The van der Waals surface area contributed by atoms with Gasteiger partial charge in [0.1, 0.15) is 0 Å². The van der Waals surface area contributed by atoms with Crippen LogP contribution < -0.4 is 0 Å². The molecule has 1 N–H and O–H groups in total. The second-order valence-electron chi connectivity index (χ2n) is 5.84. The summed E-state index contributed by atoms with van der Waals surface area (Å²) >= 11 is 3.47. The predicted octanol–water partition coefficient (Wildman–Crippen LogP) is 4.07. The number of hydrogen-bond donors (Lipinski definition) is 1. The van der Waals surface area contributed by atoms with Crippen LogP contribution in [0.5, 0.6) is 0 Å². The molecule has 98 valence electrons. The lowest BCUT2D eigenvalue weighted by molar-refractivity contribution is 0.0759. The molecule has 0 aliphatic carbocycles. The molecule has 18 heavy (non-hydrogen) atoms.